The van der Waals surface area contributed by atoms with Crippen molar-refractivity contribution in [2.45, 2.75) is 45.1 Å². The van der Waals surface area contributed by atoms with Crippen LogP contribution in [-0.4, -0.2) is 55.8 Å². The fraction of sp³-hybridized carbons (Fsp3) is 0.682. The van der Waals surface area contributed by atoms with Gasteiger partial charge in [-0.05, 0) is 62.3 Å². The molecule has 1 amide bonds. The van der Waals surface area contributed by atoms with Gasteiger partial charge in [-0.1, -0.05) is 6.42 Å². The van der Waals surface area contributed by atoms with E-state index in [1.165, 1.54) is 19.3 Å². The van der Waals surface area contributed by atoms with Crippen LogP contribution in [0.5, 0.6) is 17.2 Å². The van der Waals surface area contributed by atoms with Gasteiger partial charge in [-0.15, -0.1) is 0 Å². The predicted octanol–water partition coefficient (Wildman–Crippen LogP) is 3.04. The van der Waals surface area contributed by atoms with E-state index < -0.39 is 0 Å². The van der Waals surface area contributed by atoms with Crippen LogP contribution < -0.4 is 14.2 Å². The standard InChI is InChI=1S/C22H30N2O4/c1-26-18-10-17(11-19-20(18)28-15-27-19)12-23-9-7-22(14-23)6-3-8-24(21(22)25)13-16-4-2-5-16/h10-11,16H,2-9,12-15H2,1H3. The fourth-order valence-electron chi connectivity index (χ4n) is 5.32. The first-order valence-electron chi connectivity index (χ1n) is 10.7. The highest BCUT2D eigenvalue weighted by Crippen LogP contribution is 2.44. The average molecular weight is 386 g/mol. The Morgan fingerprint density at radius 3 is 2.86 bits per heavy atom. The van der Waals surface area contributed by atoms with Gasteiger partial charge in [0.15, 0.2) is 11.5 Å². The number of carbonyl (C=O) groups excluding carboxylic acids is 1. The molecule has 0 radical (unpaired) electrons. The molecule has 1 atom stereocenters. The molecule has 1 aromatic carbocycles. The van der Waals surface area contributed by atoms with Gasteiger partial charge in [-0.25, -0.2) is 0 Å². The van der Waals surface area contributed by atoms with E-state index >= 15 is 0 Å². The van der Waals surface area contributed by atoms with Crippen LogP contribution in [0.4, 0.5) is 0 Å². The molecule has 4 aliphatic rings. The third-order valence-corrected chi connectivity index (χ3v) is 7.08. The third-order valence-electron chi connectivity index (χ3n) is 7.08. The molecule has 1 saturated carbocycles. The normalized spacial score (nSPS) is 27.5. The zero-order chi connectivity index (χ0) is 19.1. The lowest BCUT2D eigenvalue weighted by Gasteiger charge is -2.42. The van der Waals surface area contributed by atoms with Gasteiger partial charge in [-0.3, -0.25) is 9.69 Å². The highest BCUT2D eigenvalue weighted by molar-refractivity contribution is 5.84. The molecule has 2 saturated heterocycles. The Labute approximate surface area is 166 Å². The van der Waals surface area contributed by atoms with Crippen molar-refractivity contribution >= 4 is 5.91 Å². The number of nitrogens with zero attached hydrogens (tertiary/aromatic N) is 2. The van der Waals surface area contributed by atoms with E-state index in [0.717, 1.165) is 75.0 Å². The molecule has 1 aromatic rings. The summed E-state index contributed by atoms with van der Waals surface area (Å²) in [6.07, 6.45) is 7.10. The molecular weight excluding hydrogens is 356 g/mol. The van der Waals surface area contributed by atoms with Crippen molar-refractivity contribution in [3.8, 4) is 17.2 Å². The maximum absolute atomic E-state index is 13.3. The Morgan fingerprint density at radius 2 is 2.07 bits per heavy atom. The molecule has 1 aliphatic carbocycles. The van der Waals surface area contributed by atoms with Gasteiger partial charge in [0.05, 0.1) is 12.5 Å². The quantitative estimate of drug-likeness (QED) is 0.779. The van der Waals surface area contributed by atoms with Crippen molar-refractivity contribution in [1.29, 1.82) is 0 Å². The molecule has 1 unspecified atom stereocenters. The molecule has 0 N–H and O–H groups in total. The number of hydrogen-bond acceptors (Lipinski definition) is 5. The third kappa shape index (κ3) is 3.11. The van der Waals surface area contributed by atoms with Crippen LogP contribution in [0.2, 0.25) is 0 Å². The summed E-state index contributed by atoms with van der Waals surface area (Å²) in [5.41, 5.74) is 0.982. The Morgan fingerprint density at radius 1 is 1.18 bits per heavy atom. The molecular formula is C22H30N2O4. The number of ether oxygens (including phenoxy) is 3. The molecule has 6 nitrogen and oxygen atoms in total. The van der Waals surface area contributed by atoms with Gasteiger partial charge in [0.1, 0.15) is 0 Å². The number of methoxy groups -OCH3 is 1. The summed E-state index contributed by atoms with van der Waals surface area (Å²) in [4.78, 5) is 17.9. The molecule has 5 rings (SSSR count). The number of carbonyl (C=O) groups is 1. The minimum Gasteiger partial charge on any atom is -0.493 e. The molecule has 1 spiro atoms. The monoisotopic (exact) mass is 386 g/mol. The number of likely N-dealkylation sites (tertiary alicyclic amines) is 2. The molecule has 0 aromatic heterocycles. The lowest BCUT2D eigenvalue weighted by molar-refractivity contribution is -0.146. The number of benzene rings is 1. The van der Waals surface area contributed by atoms with Crippen LogP contribution in [0.3, 0.4) is 0 Å². The van der Waals surface area contributed by atoms with Crippen LogP contribution in [-0.2, 0) is 11.3 Å². The van der Waals surface area contributed by atoms with E-state index in [1.807, 2.05) is 12.1 Å². The largest absolute Gasteiger partial charge is 0.493 e. The van der Waals surface area contributed by atoms with E-state index in [1.54, 1.807) is 7.11 Å². The summed E-state index contributed by atoms with van der Waals surface area (Å²) in [6, 6.07) is 4.07. The van der Waals surface area contributed by atoms with E-state index in [9.17, 15) is 4.79 Å². The van der Waals surface area contributed by atoms with Crippen molar-refractivity contribution in [3.05, 3.63) is 17.7 Å². The van der Waals surface area contributed by atoms with E-state index in [-0.39, 0.29) is 12.2 Å². The summed E-state index contributed by atoms with van der Waals surface area (Å²) >= 11 is 0. The van der Waals surface area contributed by atoms with Crippen LogP contribution in [0.25, 0.3) is 0 Å². The smallest absolute Gasteiger partial charge is 0.231 e. The lowest BCUT2D eigenvalue weighted by Crippen LogP contribution is -2.51. The van der Waals surface area contributed by atoms with Crippen LogP contribution >= 0.6 is 0 Å². The van der Waals surface area contributed by atoms with Crippen molar-refractivity contribution in [2.24, 2.45) is 11.3 Å². The Bertz CT molecular complexity index is 763. The summed E-state index contributed by atoms with van der Waals surface area (Å²) in [6.45, 7) is 4.83. The number of hydrogen-bond donors (Lipinski definition) is 0. The van der Waals surface area contributed by atoms with Crippen LogP contribution in [0.1, 0.15) is 44.1 Å². The first kappa shape index (κ1) is 18.1. The summed E-state index contributed by atoms with van der Waals surface area (Å²) in [5.74, 6) is 3.33. The summed E-state index contributed by atoms with van der Waals surface area (Å²) in [7, 11) is 1.66. The van der Waals surface area contributed by atoms with E-state index in [0.29, 0.717) is 11.7 Å². The van der Waals surface area contributed by atoms with E-state index in [2.05, 4.69) is 9.80 Å². The minimum atomic E-state index is -0.164. The van der Waals surface area contributed by atoms with Gasteiger partial charge in [-0.2, -0.15) is 0 Å². The Balaban J connectivity index is 1.27. The van der Waals surface area contributed by atoms with Crippen molar-refractivity contribution < 1.29 is 19.0 Å². The van der Waals surface area contributed by atoms with Crippen molar-refractivity contribution in [2.75, 3.05) is 40.1 Å². The van der Waals surface area contributed by atoms with Crippen LogP contribution in [0, 0.1) is 11.3 Å². The van der Waals surface area contributed by atoms with Gasteiger partial charge < -0.3 is 19.1 Å². The number of rotatable bonds is 5. The first-order chi connectivity index (χ1) is 13.7. The van der Waals surface area contributed by atoms with Gasteiger partial charge >= 0.3 is 0 Å². The second-order valence-corrected chi connectivity index (χ2v) is 8.92. The molecule has 3 aliphatic heterocycles. The fourth-order valence-corrected chi connectivity index (χ4v) is 5.32. The molecule has 6 heteroatoms. The Hall–Kier alpha value is -1.95. The average Bonchev–Trinajstić information content (AvgIpc) is 3.29. The SMILES string of the molecule is COc1cc(CN2CCC3(CCCN(CC4CCC4)C3=O)C2)cc2c1OCO2. The summed E-state index contributed by atoms with van der Waals surface area (Å²) in [5, 5.41) is 0. The van der Waals surface area contributed by atoms with Crippen molar-refractivity contribution in [1.82, 2.24) is 9.80 Å². The van der Waals surface area contributed by atoms with E-state index in [4.69, 9.17) is 14.2 Å². The molecule has 152 valence electrons. The number of amides is 1. The second kappa shape index (κ2) is 7.14. The van der Waals surface area contributed by atoms with Gasteiger partial charge in [0.25, 0.3) is 0 Å². The Kier molecular flexibility index (Phi) is 4.62. The molecule has 3 heterocycles. The minimum absolute atomic E-state index is 0.164. The topological polar surface area (TPSA) is 51.2 Å². The maximum Gasteiger partial charge on any atom is 0.231 e. The zero-order valence-electron chi connectivity index (χ0n) is 16.7. The molecule has 28 heavy (non-hydrogen) atoms. The highest BCUT2D eigenvalue weighted by Gasteiger charge is 2.48. The van der Waals surface area contributed by atoms with Crippen molar-refractivity contribution in [3.63, 3.8) is 0 Å². The first-order valence-corrected chi connectivity index (χ1v) is 10.7. The number of fused-ring (bicyclic) bond motifs is 1. The predicted molar refractivity (Wildman–Crippen MR) is 105 cm³/mol. The van der Waals surface area contributed by atoms with Crippen LogP contribution in [0.15, 0.2) is 12.1 Å². The maximum atomic E-state index is 13.3. The lowest BCUT2D eigenvalue weighted by atomic mass is 9.77. The summed E-state index contributed by atoms with van der Waals surface area (Å²) < 4.78 is 16.5. The molecule has 3 fully saturated rings. The second-order valence-electron chi connectivity index (χ2n) is 8.92. The molecule has 0 bridgehead atoms. The van der Waals surface area contributed by atoms with Gasteiger partial charge in [0, 0.05) is 26.2 Å². The van der Waals surface area contributed by atoms with Gasteiger partial charge in [0.2, 0.25) is 18.4 Å². The zero-order valence-corrected chi connectivity index (χ0v) is 16.7. The highest BCUT2D eigenvalue weighted by atomic mass is 16.7. The number of piperidine rings is 1.